The Kier molecular flexibility index (Phi) is 7.84. The normalized spacial score (nSPS) is 17.1. The van der Waals surface area contributed by atoms with Gasteiger partial charge in [0.1, 0.15) is 0 Å². The molecule has 150 valence electrons. The van der Waals surface area contributed by atoms with Crippen molar-refractivity contribution in [3.8, 4) is 0 Å². The highest BCUT2D eigenvalue weighted by atomic mass is 16.2. The van der Waals surface area contributed by atoms with Gasteiger partial charge in [0.15, 0.2) is 0 Å². The molecule has 1 aliphatic heterocycles. The lowest BCUT2D eigenvalue weighted by atomic mass is 9.97. The molecule has 0 aliphatic carbocycles. The van der Waals surface area contributed by atoms with Crippen LogP contribution in [0.4, 0.5) is 0 Å². The SMILES string of the molecule is CCN(CC)C(=O)C1CCCN1CC(=O)NCCc1c(C)cc(C)cc1C. The van der Waals surface area contributed by atoms with Crippen LogP contribution >= 0.6 is 0 Å². The van der Waals surface area contributed by atoms with Gasteiger partial charge in [-0.15, -0.1) is 0 Å². The average molecular weight is 374 g/mol. The Balaban J connectivity index is 1.86. The molecular weight excluding hydrogens is 338 g/mol. The second kappa shape index (κ2) is 9.88. The summed E-state index contributed by atoms with van der Waals surface area (Å²) in [4.78, 5) is 29.0. The van der Waals surface area contributed by atoms with E-state index in [0.29, 0.717) is 13.1 Å². The number of hydrogen-bond acceptors (Lipinski definition) is 3. The smallest absolute Gasteiger partial charge is 0.239 e. The molecule has 0 bridgehead atoms. The van der Waals surface area contributed by atoms with Gasteiger partial charge in [0.2, 0.25) is 11.8 Å². The van der Waals surface area contributed by atoms with Crippen molar-refractivity contribution in [1.82, 2.24) is 15.1 Å². The van der Waals surface area contributed by atoms with Gasteiger partial charge in [0.25, 0.3) is 0 Å². The van der Waals surface area contributed by atoms with Crippen LogP contribution in [0.1, 0.15) is 48.9 Å². The molecule has 0 radical (unpaired) electrons. The number of amides is 2. The second-order valence-corrected chi connectivity index (χ2v) is 7.62. The van der Waals surface area contributed by atoms with Gasteiger partial charge in [-0.05, 0) is 77.1 Å². The van der Waals surface area contributed by atoms with Crippen molar-refractivity contribution in [2.45, 2.75) is 59.9 Å². The van der Waals surface area contributed by atoms with Gasteiger partial charge in [-0.3, -0.25) is 14.5 Å². The molecule has 1 unspecified atom stereocenters. The van der Waals surface area contributed by atoms with Gasteiger partial charge in [-0.25, -0.2) is 0 Å². The summed E-state index contributed by atoms with van der Waals surface area (Å²) < 4.78 is 0. The van der Waals surface area contributed by atoms with Crippen molar-refractivity contribution in [3.63, 3.8) is 0 Å². The molecule has 5 nitrogen and oxygen atoms in total. The maximum atomic E-state index is 12.7. The van der Waals surface area contributed by atoms with Crippen LogP contribution in [0.2, 0.25) is 0 Å². The number of carbonyl (C=O) groups is 2. The summed E-state index contributed by atoms with van der Waals surface area (Å²) in [5.74, 6) is 0.174. The summed E-state index contributed by atoms with van der Waals surface area (Å²) in [5, 5.41) is 3.04. The van der Waals surface area contributed by atoms with Crippen molar-refractivity contribution < 1.29 is 9.59 Å². The molecule has 1 saturated heterocycles. The van der Waals surface area contributed by atoms with Crippen LogP contribution in [0.5, 0.6) is 0 Å². The van der Waals surface area contributed by atoms with E-state index in [9.17, 15) is 9.59 Å². The maximum absolute atomic E-state index is 12.7. The number of nitrogens with one attached hydrogen (secondary N) is 1. The van der Waals surface area contributed by atoms with Crippen LogP contribution in [-0.2, 0) is 16.0 Å². The molecule has 1 fully saturated rings. The molecule has 1 aromatic rings. The number of hydrogen-bond donors (Lipinski definition) is 1. The molecule has 0 spiro atoms. The van der Waals surface area contributed by atoms with Gasteiger partial charge < -0.3 is 10.2 Å². The lowest BCUT2D eigenvalue weighted by Crippen LogP contribution is -2.48. The lowest BCUT2D eigenvalue weighted by Gasteiger charge is -2.28. The topological polar surface area (TPSA) is 52.7 Å². The van der Waals surface area contributed by atoms with Gasteiger partial charge in [-0.1, -0.05) is 17.7 Å². The van der Waals surface area contributed by atoms with Crippen molar-refractivity contribution in [2.75, 3.05) is 32.7 Å². The van der Waals surface area contributed by atoms with Crippen LogP contribution in [0.15, 0.2) is 12.1 Å². The van der Waals surface area contributed by atoms with E-state index in [2.05, 4.69) is 38.2 Å². The number of nitrogens with zero attached hydrogens (tertiary/aromatic N) is 2. The highest BCUT2D eigenvalue weighted by Gasteiger charge is 2.33. The Morgan fingerprint density at radius 2 is 1.78 bits per heavy atom. The minimum atomic E-state index is -0.141. The van der Waals surface area contributed by atoms with Gasteiger partial charge in [0, 0.05) is 19.6 Å². The minimum Gasteiger partial charge on any atom is -0.355 e. The first-order valence-electron chi connectivity index (χ1n) is 10.2. The first kappa shape index (κ1) is 21.4. The third kappa shape index (κ3) is 5.55. The molecule has 5 heteroatoms. The third-order valence-corrected chi connectivity index (χ3v) is 5.61. The summed E-state index contributed by atoms with van der Waals surface area (Å²) in [5.41, 5.74) is 5.16. The van der Waals surface area contributed by atoms with Crippen molar-refractivity contribution >= 4 is 11.8 Å². The van der Waals surface area contributed by atoms with Crippen LogP contribution in [0.3, 0.4) is 0 Å². The average Bonchev–Trinajstić information content (AvgIpc) is 3.06. The molecule has 1 heterocycles. The highest BCUT2D eigenvalue weighted by Crippen LogP contribution is 2.19. The maximum Gasteiger partial charge on any atom is 0.239 e. The summed E-state index contributed by atoms with van der Waals surface area (Å²) >= 11 is 0. The molecule has 1 atom stereocenters. The summed E-state index contributed by atoms with van der Waals surface area (Å²) in [7, 11) is 0. The van der Waals surface area contributed by atoms with E-state index in [0.717, 1.165) is 38.9 Å². The van der Waals surface area contributed by atoms with Crippen LogP contribution in [0, 0.1) is 20.8 Å². The first-order chi connectivity index (χ1) is 12.9. The molecule has 2 rings (SSSR count). The first-order valence-corrected chi connectivity index (χ1v) is 10.2. The molecule has 1 aromatic carbocycles. The van der Waals surface area contributed by atoms with Crippen molar-refractivity contribution in [2.24, 2.45) is 0 Å². The number of carbonyl (C=O) groups excluding carboxylic acids is 2. The van der Waals surface area contributed by atoms with Crippen LogP contribution < -0.4 is 5.32 Å². The highest BCUT2D eigenvalue weighted by molar-refractivity contribution is 5.84. The molecular formula is C22H35N3O2. The quantitative estimate of drug-likeness (QED) is 0.762. The zero-order valence-electron chi connectivity index (χ0n) is 17.6. The number of aryl methyl sites for hydroxylation is 3. The Morgan fingerprint density at radius 3 is 2.37 bits per heavy atom. The van der Waals surface area contributed by atoms with Crippen LogP contribution in [0.25, 0.3) is 0 Å². The monoisotopic (exact) mass is 373 g/mol. The number of likely N-dealkylation sites (N-methyl/N-ethyl adjacent to an activating group) is 1. The minimum absolute atomic E-state index is 0.0108. The van der Waals surface area contributed by atoms with Gasteiger partial charge in [-0.2, -0.15) is 0 Å². The Morgan fingerprint density at radius 1 is 1.15 bits per heavy atom. The molecule has 1 N–H and O–H groups in total. The number of rotatable bonds is 8. The second-order valence-electron chi connectivity index (χ2n) is 7.62. The molecule has 27 heavy (non-hydrogen) atoms. The van der Waals surface area contributed by atoms with E-state index in [1.165, 1.54) is 22.3 Å². The summed E-state index contributed by atoms with van der Waals surface area (Å²) in [6.45, 7) is 13.6. The van der Waals surface area contributed by atoms with Gasteiger partial charge in [0.05, 0.1) is 12.6 Å². The number of likely N-dealkylation sites (tertiary alicyclic amines) is 1. The zero-order chi connectivity index (χ0) is 20.0. The standard InChI is InChI=1S/C22H35N3O2/c1-6-24(7-2)22(27)20-9-8-12-25(20)15-21(26)23-11-10-19-17(4)13-16(3)14-18(19)5/h13-14,20H,6-12,15H2,1-5H3,(H,23,26). The van der Waals surface area contributed by atoms with E-state index in [4.69, 9.17) is 0 Å². The van der Waals surface area contributed by atoms with E-state index in [1.807, 2.05) is 23.6 Å². The van der Waals surface area contributed by atoms with E-state index < -0.39 is 0 Å². The lowest BCUT2D eigenvalue weighted by molar-refractivity contribution is -0.136. The molecule has 0 saturated carbocycles. The molecule has 1 aliphatic rings. The van der Waals surface area contributed by atoms with Crippen molar-refractivity contribution in [1.29, 1.82) is 0 Å². The third-order valence-electron chi connectivity index (χ3n) is 5.61. The fraction of sp³-hybridized carbons (Fsp3) is 0.636. The van der Waals surface area contributed by atoms with Crippen molar-refractivity contribution in [3.05, 3.63) is 34.4 Å². The fourth-order valence-electron chi connectivity index (χ4n) is 4.21. The zero-order valence-corrected chi connectivity index (χ0v) is 17.6. The van der Waals surface area contributed by atoms with E-state index in [1.54, 1.807) is 0 Å². The Bertz CT molecular complexity index is 645. The fourth-order valence-corrected chi connectivity index (χ4v) is 4.21. The van der Waals surface area contributed by atoms with Crippen LogP contribution in [-0.4, -0.2) is 60.4 Å². The summed E-state index contributed by atoms with van der Waals surface area (Å²) in [6, 6.07) is 4.24. The van der Waals surface area contributed by atoms with E-state index >= 15 is 0 Å². The predicted molar refractivity (Wildman–Crippen MR) is 110 cm³/mol. The number of benzene rings is 1. The molecule has 2 amide bonds. The Hall–Kier alpha value is -1.88. The van der Waals surface area contributed by atoms with Gasteiger partial charge >= 0.3 is 0 Å². The molecule has 0 aromatic heterocycles. The largest absolute Gasteiger partial charge is 0.355 e. The predicted octanol–water partition coefficient (Wildman–Crippen LogP) is 2.60. The Labute approximate surface area is 164 Å². The van der Waals surface area contributed by atoms with E-state index in [-0.39, 0.29) is 17.9 Å². The summed E-state index contributed by atoms with van der Waals surface area (Å²) in [6.07, 6.45) is 2.67.